The van der Waals surface area contributed by atoms with Crippen molar-refractivity contribution in [2.45, 2.75) is 19.9 Å². The van der Waals surface area contributed by atoms with E-state index in [1.807, 2.05) is 0 Å². The molecule has 0 saturated carbocycles. The van der Waals surface area contributed by atoms with E-state index in [-0.39, 0.29) is 22.3 Å². The molecule has 1 atom stereocenters. The molecule has 10 heteroatoms. The molecule has 0 saturated heterocycles. The van der Waals surface area contributed by atoms with Crippen molar-refractivity contribution in [2.75, 3.05) is 0 Å². The lowest BCUT2D eigenvalue weighted by Gasteiger charge is -2.20. The van der Waals surface area contributed by atoms with Crippen LogP contribution in [-0.4, -0.2) is 39.8 Å². The second kappa shape index (κ2) is 9.96. The molecule has 0 aliphatic heterocycles. The van der Waals surface area contributed by atoms with Gasteiger partial charge in [0.1, 0.15) is 17.1 Å². The van der Waals surface area contributed by atoms with Crippen LogP contribution in [0, 0.1) is 18.8 Å². The van der Waals surface area contributed by atoms with E-state index in [2.05, 4.69) is 32.3 Å². The number of aryl methyl sites for hydroxylation is 2. The summed E-state index contributed by atoms with van der Waals surface area (Å²) >= 11 is 0. The maximum Gasteiger partial charge on any atom is 0.267 e. The van der Waals surface area contributed by atoms with E-state index in [0.29, 0.717) is 22.6 Å². The zero-order chi connectivity index (χ0) is 32.2. The molecule has 0 radical (unpaired) electrons. The van der Waals surface area contributed by atoms with Gasteiger partial charge in [-0.05, 0) is 56.1 Å². The van der Waals surface area contributed by atoms with Gasteiger partial charge in [0.15, 0.2) is 5.65 Å². The molecule has 0 bridgehead atoms. The largest absolute Gasteiger partial charge is 0.342 e. The van der Waals surface area contributed by atoms with E-state index in [0.717, 1.165) is 4.57 Å². The van der Waals surface area contributed by atoms with Gasteiger partial charge in [0, 0.05) is 31.2 Å². The SMILES string of the molecule is [2H]c1c([2H])c([2H])c(-n2c([C@@H](C)NC(=O)c3c(C)nn4cccnc34)nc3cccc(C#Cc4ccn(C)n4)c3c2=O)c([2H])c1[2H]. The monoisotopic (exact) mass is 533 g/mol. The van der Waals surface area contributed by atoms with Crippen LogP contribution in [0.3, 0.4) is 0 Å². The highest BCUT2D eigenvalue weighted by molar-refractivity contribution is 6.01. The number of benzene rings is 2. The molecule has 6 rings (SSSR count). The van der Waals surface area contributed by atoms with E-state index >= 15 is 0 Å². The molecule has 40 heavy (non-hydrogen) atoms. The van der Waals surface area contributed by atoms with Gasteiger partial charge in [0.25, 0.3) is 11.5 Å². The molecule has 0 fully saturated rings. The number of nitrogens with one attached hydrogen (secondary N) is 1. The first kappa shape index (κ1) is 19.5. The maximum atomic E-state index is 14.4. The average molecular weight is 534 g/mol. The molecule has 2 aromatic carbocycles. The van der Waals surface area contributed by atoms with Crippen molar-refractivity contribution in [1.29, 1.82) is 0 Å². The summed E-state index contributed by atoms with van der Waals surface area (Å²) in [5.74, 6) is 5.27. The number of hydrogen-bond donors (Lipinski definition) is 1. The number of aromatic nitrogens is 7. The zero-order valence-corrected chi connectivity index (χ0v) is 21.6. The molecule has 4 aromatic heterocycles. The van der Waals surface area contributed by atoms with E-state index < -0.39 is 53.4 Å². The van der Waals surface area contributed by atoms with Crippen LogP contribution in [0.5, 0.6) is 0 Å². The lowest BCUT2D eigenvalue weighted by molar-refractivity contribution is 0.0938. The fourth-order valence-electron chi connectivity index (χ4n) is 4.42. The quantitative estimate of drug-likeness (QED) is 0.348. The van der Waals surface area contributed by atoms with Crippen LogP contribution in [0.4, 0.5) is 0 Å². The van der Waals surface area contributed by atoms with Crippen molar-refractivity contribution in [1.82, 2.24) is 39.2 Å². The molecule has 0 unspecified atom stereocenters. The standard InChI is InChI=1S/C30H24N8O2/c1-19-25(28-31-16-8-17-37(28)34-19)29(39)32-20(2)27-33-24-12-7-9-21(13-14-22-15-18-36(3)35-22)26(24)30(40)38(27)23-10-5-4-6-11-23/h4-12,15-18,20H,1-3H3,(H,32,39)/t20-/m1/s1/i4D,5D,6D,10D,11D. The third kappa shape index (κ3) is 4.39. The number of carbonyl (C=O) groups is 1. The van der Waals surface area contributed by atoms with Gasteiger partial charge < -0.3 is 5.32 Å². The minimum absolute atomic E-state index is 0.0590. The fraction of sp³-hybridized carbons (Fsp3) is 0.133. The third-order valence-electron chi connectivity index (χ3n) is 6.21. The van der Waals surface area contributed by atoms with Gasteiger partial charge in [-0.25, -0.2) is 14.5 Å². The van der Waals surface area contributed by atoms with Gasteiger partial charge in [0.05, 0.1) is 35.2 Å². The molecule has 196 valence electrons. The van der Waals surface area contributed by atoms with E-state index in [4.69, 9.17) is 11.8 Å². The number of rotatable bonds is 4. The predicted molar refractivity (Wildman–Crippen MR) is 150 cm³/mol. The Kier molecular flexibility index (Phi) is 4.86. The smallest absolute Gasteiger partial charge is 0.267 e. The lowest BCUT2D eigenvalue weighted by atomic mass is 10.1. The molecular weight excluding hydrogens is 504 g/mol. The van der Waals surface area contributed by atoms with Crippen LogP contribution in [0.2, 0.25) is 0 Å². The number of para-hydroxylation sites is 1. The van der Waals surface area contributed by atoms with Crippen molar-refractivity contribution in [3.63, 3.8) is 0 Å². The summed E-state index contributed by atoms with van der Waals surface area (Å²) in [6.07, 6.45) is 4.92. The minimum atomic E-state index is -0.992. The summed E-state index contributed by atoms with van der Waals surface area (Å²) in [6.45, 7) is 3.25. The van der Waals surface area contributed by atoms with E-state index in [9.17, 15) is 9.59 Å². The second-order valence-electron chi connectivity index (χ2n) is 8.95. The molecule has 0 aliphatic rings. The van der Waals surface area contributed by atoms with Gasteiger partial charge in [-0.1, -0.05) is 30.1 Å². The Morgan fingerprint density at radius 2 is 1.90 bits per heavy atom. The molecule has 1 N–H and O–H groups in total. The van der Waals surface area contributed by atoms with E-state index in [1.54, 1.807) is 68.3 Å². The summed E-state index contributed by atoms with van der Waals surface area (Å²) in [4.78, 5) is 37.0. The Labute approximate surface area is 236 Å². The number of hydrogen-bond acceptors (Lipinski definition) is 6. The van der Waals surface area contributed by atoms with Gasteiger partial charge in [-0.3, -0.25) is 18.8 Å². The predicted octanol–water partition coefficient (Wildman–Crippen LogP) is 3.36. The Morgan fingerprint density at radius 1 is 1.07 bits per heavy atom. The molecule has 1 amide bonds. The fourth-order valence-corrected chi connectivity index (χ4v) is 4.42. The normalized spacial score (nSPS) is 13.5. The molecule has 0 aliphatic carbocycles. The minimum Gasteiger partial charge on any atom is -0.342 e. The second-order valence-corrected chi connectivity index (χ2v) is 8.95. The van der Waals surface area contributed by atoms with Crippen molar-refractivity contribution >= 4 is 22.5 Å². The topological polar surface area (TPSA) is 112 Å². The first-order valence-corrected chi connectivity index (χ1v) is 12.2. The van der Waals surface area contributed by atoms with Crippen LogP contribution in [0.25, 0.3) is 22.2 Å². The first-order valence-electron chi connectivity index (χ1n) is 14.7. The first-order chi connectivity index (χ1) is 21.5. The Bertz CT molecular complexity index is 2290. The van der Waals surface area contributed by atoms with Crippen molar-refractivity contribution in [2.24, 2.45) is 7.05 Å². The third-order valence-corrected chi connectivity index (χ3v) is 6.21. The average Bonchev–Trinajstić information content (AvgIpc) is 3.60. The number of carbonyl (C=O) groups excluding carboxylic acids is 1. The highest BCUT2D eigenvalue weighted by Gasteiger charge is 2.24. The molecule has 4 heterocycles. The molecule has 10 nitrogen and oxygen atoms in total. The Morgan fingerprint density at radius 3 is 2.67 bits per heavy atom. The van der Waals surface area contributed by atoms with Crippen LogP contribution in [-0.2, 0) is 7.05 Å². The summed E-state index contributed by atoms with van der Waals surface area (Å²) in [5, 5.41) is 11.5. The molecule has 6 aromatic rings. The van der Waals surface area contributed by atoms with Gasteiger partial charge in [0.2, 0.25) is 0 Å². The summed E-state index contributed by atoms with van der Waals surface area (Å²) in [6, 6.07) is 4.21. The van der Waals surface area contributed by atoms with Crippen LogP contribution in [0.15, 0.2) is 83.9 Å². The van der Waals surface area contributed by atoms with Crippen molar-refractivity contribution in [3.05, 3.63) is 118 Å². The van der Waals surface area contributed by atoms with Crippen LogP contribution >= 0.6 is 0 Å². The summed E-state index contributed by atoms with van der Waals surface area (Å²) in [5.41, 5.74) is 0.835. The van der Waals surface area contributed by atoms with Crippen molar-refractivity contribution in [3.8, 4) is 17.5 Å². The number of fused-ring (bicyclic) bond motifs is 2. The number of nitrogens with zero attached hydrogens (tertiary/aromatic N) is 7. The number of amides is 1. The Balaban J connectivity index is 1.58. The summed E-state index contributed by atoms with van der Waals surface area (Å²) in [7, 11) is 1.75. The molecular formula is C30H24N8O2. The van der Waals surface area contributed by atoms with Crippen molar-refractivity contribution < 1.29 is 11.6 Å². The van der Waals surface area contributed by atoms with Gasteiger partial charge in [-0.2, -0.15) is 10.2 Å². The molecule has 0 spiro atoms. The highest BCUT2D eigenvalue weighted by atomic mass is 16.2. The van der Waals surface area contributed by atoms with Crippen LogP contribution < -0.4 is 10.9 Å². The summed E-state index contributed by atoms with van der Waals surface area (Å²) < 4.78 is 45.8. The van der Waals surface area contributed by atoms with Gasteiger partial charge >= 0.3 is 0 Å². The van der Waals surface area contributed by atoms with Gasteiger partial charge in [-0.15, -0.1) is 0 Å². The Hall–Kier alpha value is -5.56. The van der Waals surface area contributed by atoms with Crippen LogP contribution in [0.1, 0.15) is 53.0 Å². The maximum absolute atomic E-state index is 14.4. The zero-order valence-electron chi connectivity index (χ0n) is 26.6. The lowest BCUT2D eigenvalue weighted by Crippen LogP contribution is -2.33. The highest BCUT2D eigenvalue weighted by Crippen LogP contribution is 2.21. The van der Waals surface area contributed by atoms with E-state index in [1.165, 1.54) is 10.7 Å².